The number of nitrogens with zero attached hydrogens (tertiary/aromatic N) is 4. The number of rotatable bonds is 2. The average molecular weight is 331 g/mol. The third-order valence-electron chi connectivity index (χ3n) is 3.51. The molecule has 23 heavy (non-hydrogen) atoms. The van der Waals surface area contributed by atoms with E-state index in [0.717, 1.165) is 16.4 Å². The van der Waals surface area contributed by atoms with Gasteiger partial charge in [-0.15, -0.1) is 0 Å². The van der Waals surface area contributed by atoms with Crippen LogP contribution in [0.1, 0.15) is 31.3 Å². The number of carbonyl (C=O) groups is 1. The molecule has 0 saturated carbocycles. The Bertz CT molecular complexity index is 913. The molecule has 0 aliphatic heterocycles. The maximum absolute atomic E-state index is 12.0. The molecule has 0 radical (unpaired) electrons. The molecule has 0 bridgehead atoms. The van der Waals surface area contributed by atoms with Crippen LogP contribution in [-0.4, -0.2) is 37.1 Å². The fraction of sp³-hybridized carbons (Fsp3) is 0.333. The van der Waals surface area contributed by atoms with Crippen molar-refractivity contribution in [1.82, 2.24) is 25.2 Å². The molecule has 7 nitrogen and oxygen atoms in total. The van der Waals surface area contributed by atoms with Gasteiger partial charge < -0.3 is 0 Å². The Labute approximate surface area is 137 Å². The van der Waals surface area contributed by atoms with E-state index >= 15 is 0 Å². The third kappa shape index (κ3) is 2.53. The van der Waals surface area contributed by atoms with Crippen LogP contribution >= 0.6 is 11.8 Å². The molecular weight excluding hydrogens is 314 g/mol. The van der Waals surface area contributed by atoms with Gasteiger partial charge in [0.25, 0.3) is 5.91 Å². The van der Waals surface area contributed by atoms with Crippen LogP contribution in [0.3, 0.4) is 0 Å². The number of benzene rings is 1. The van der Waals surface area contributed by atoms with E-state index in [-0.39, 0.29) is 11.2 Å². The number of hydrogen-bond donors (Lipinski definition) is 2. The quantitative estimate of drug-likeness (QED) is 0.324. The van der Waals surface area contributed by atoms with E-state index in [9.17, 15) is 4.79 Å². The molecule has 0 fully saturated rings. The largest absolute Gasteiger partial charge is 0.295 e. The molecule has 8 heteroatoms. The van der Waals surface area contributed by atoms with Crippen molar-refractivity contribution in [3.8, 4) is 0 Å². The molecule has 0 atom stereocenters. The highest BCUT2D eigenvalue weighted by atomic mass is 32.2. The van der Waals surface area contributed by atoms with Gasteiger partial charge in [0, 0.05) is 17.0 Å². The zero-order valence-corrected chi connectivity index (χ0v) is 14.1. The molecule has 2 heterocycles. The lowest BCUT2D eigenvalue weighted by molar-refractivity contribution is 0.0701. The summed E-state index contributed by atoms with van der Waals surface area (Å²) in [5.41, 5.74) is 2.96. The molecule has 0 saturated heterocycles. The highest BCUT2D eigenvalue weighted by molar-refractivity contribution is 7.98. The van der Waals surface area contributed by atoms with E-state index in [0.29, 0.717) is 10.5 Å². The van der Waals surface area contributed by atoms with Gasteiger partial charge in [0.05, 0.1) is 11.1 Å². The minimum atomic E-state index is -0.642. The predicted molar refractivity (Wildman–Crippen MR) is 88.9 cm³/mol. The highest BCUT2D eigenvalue weighted by Crippen LogP contribution is 2.31. The normalized spacial score (nSPS) is 12.0. The van der Waals surface area contributed by atoms with Gasteiger partial charge in [-0.3, -0.25) is 14.7 Å². The van der Waals surface area contributed by atoms with Crippen LogP contribution < -0.4 is 5.48 Å². The zero-order valence-electron chi connectivity index (χ0n) is 13.3. The van der Waals surface area contributed by atoms with Gasteiger partial charge in [0.15, 0.2) is 10.9 Å². The second-order valence-electron chi connectivity index (χ2n) is 6.13. The Morgan fingerprint density at radius 2 is 2.09 bits per heavy atom. The van der Waals surface area contributed by atoms with Crippen LogP contribution in [-0.2, 0) is 5.54 Å². The van der Waals surface area contributed by atoms with Crippen molar-refractivity contribution < 1.29 is 10.0 Å². The third-order valence-corrected chi connectivity index (χ3v) is 4.07. The number of hydrogen-bond acceptors (Lipinski definition) is 6. The molecule has 0 aliphatic rings. The molecule has 3 rings (SSSR count). The Kier molecular flexibility index (Phi) is 3.73. The standard InChI is InChI=1S/C15H17N5O2S/c1-15(2,3)20-12-9(11(18-20)13(21)19-22)6-5-8-7-16-14(23-4)17-10(8)12/h5-7,22H,1-4H3,(H,19,21). The molecule has 2 aromatic heterocycles. The zero-order chi connectivity index (χ0) is 16.8. The smallest absolute Gasteiger partial charge is 0.288 e. The number of nitrogens with one attached hydrogen (secondary N) is 1. The number of fused-ring (bicyclic) bond motifs is 3. The summed E-state index contributed by atoms with van der Waals surface area (Å²) in [4.78, 5) is 20.8. The van der Waals surface area contributed by atoms with E-state index in [4.69, 9.17) is 5.21 Å². The molecule has 0 spiro atoms. The minimum absolute atomic E-state index is 0.170. The number of carbonyl (C=O) groups excluding carboxylic acids is 1. The van der Waals surface area contributed by atoms with Crippen molar-refractivity contribution in [2.24, 2.45) is 0 Å². The van der Waals surface area contributed by atoms with Gasteiger partial charge in [-0.05, 0) is 33.1 Å². The van der Waals surface area contributed by atoms with E-state index in [2.05, 4.69) is 15.1 Å². The molecular formula is C15H17N5O2S. The summed E-state index contributed by atoms with van der Waals surface area (Å²) in [6.45, 7) is 5.99. The first kappa shape index (κ1) is 15.7. The summed E-state index contributed by atoms with van der Waals surface area (Å²) in [5, 5.41) is 15.6. The Morgan fingerprint density at radius 1 is 1.35 bits per heavy atom. The fourth-order valence-electron chi connectivity index (χ4n) is 2.48. The molecule has 0 aliphatic carbocycles. The van der Waals surface area contributed by atoms with Gasteiger partial charge in [-0.25, -0.2) is 15.4 Å². The number of aromatic nitrogens is 4. The first-order valence-electron chi connectivity index (χ1n) is 7.04. The monoisotopic (exact) mass is 331 g/mol. The van der Waals surface area contributed by atoms with Crippen molar-refractivity contribution in [2.75, 3.05) is 6.26 Å². The van der Waals surface area contributed by atoms with Gasteiger partial charge in [0.1, 0.15) is 5.52 Å². The Morgan fingerprint density at radius 3 is 2.70 bits per heavy atom. The lowest BCUT2D eigenvalue weighted by Gasteiger charge is -2.21. The minimum Gasteiger partial charge on any atom is -0.288 e. The SMILES string of the molecule is CSc1ncc2ccc3c(C(=O)NO)nn(C(C)(C)C)c3c2n1. The number of hydroxylamine groups is 1. The van der Waals surface area contributed by atoms with Crippen LogP contribution in [0.2, 0.25) is 0 Å². The number of amides is 1. The van der Waals surface area contributed by atoms with Gasteiger partial charge in [-0.2, -0.15) is 5.10 Å². The van der Waals surface area contributed by atoms with E-state index in [1.54, 1.807) is 22.4 Å². The maximum Gasteiger partial charge on any atom is 0.295 e. The molecule has 120 valence electrons. The van der Waals surface area contributed by atoms with E-state index in [1.807, 2.05) is 33.1 Å². The summed E-state index contributed by atoms with van der Waals surface area (Å²) in [6.07, 6.45) is 3.67. The van der Waals surface area contributed by atoms with Crippen molar-refractivity contribution in [1.29, 1.82) is 0 Å². The second-order valence-corrected chi connectivity index (χ2v) is 6.90. The first-order chi connectivity index (χ1) is 10.9. The number of thioether (sulfide) groups is 1. The lowest BCUT2D eigenvalue weighted by Crippen LogP contribution is -2.25. The molecule has 1 aromatic carbocycles. The summed E-state index contributed by atoms with van der Waals surface area (Å²) >= 11 is 1.45. The van der Waals surface area contributed by atoms with Crippen LogP contribution in [0.25, 0.3) is 21.8 Å². The van der Waals surface area contributed by atoms with E-state index < -0.39 is 5.91 Å². The van der Waals surface area contributed by atoms with Crippen LogP contribution in [0, 0.1) is 0 Å². The first-order valence-corrected chi connectivity index (χ1v) is 8.26. The topological polar surface area (TPSA) is 92.9 Å². The van der Waals surface area contributed by atoms with Crippen molar-refractivity contribution in [3.63, 3.8) is 0 Å². The summed E-state index contributed by atoms with van der Waals surface area (Å²) in [5.74, 6) is -0.642. The average Bonchev–Trinajstić information content (AvgIpc) is 2.93. The van der Waals surface area contributed by atoms with Crippen LogP contribution in [0.4, 0.5) is 0 Å². The predicted octanol–water partition coefficient (Wildman–Crippen LogP) is 2.58. The van der Waals surface area contributed by atoms with Crippen LogP contribution in [0.5, 0.6) is 0 Å². The molecule has 2 N–H and O–H groups in total. The molecule has 0 unspecified atom stereocenters. The van der Waals surface area contributed by atoms with Crippen molar-refractivity contribution in [2.45, 2.75) is 31.5 Å². The molecule has 3 aromatic rings. The van der Waals surface area contributed by atoms with Crippen molar-refractivity contribution in [3.05, 3.63) is 24.0 Å². The lowest BCUT2D eigenvalue weighted by atomic mass is 10.1. The second kappa shape index (κ2) is 5.47. The summed E-state index contributed by atoms with van der Waals surface area (Å²) in [7, 11) is 0. The Hall–Kier alpha value is -2.19. The summed E-state index contributed by atoms with van der Waals surface area (Å²) in [6, 6.07) is 3.66. The maximum atomic E-state index is 12.0. The Balaban J connectivity index is 2.48. The highest BCUT2D eigenvalue weighted by Gasteiger charge is 2.25. The van der Waals surface area contributed by atoms with Crippen LogP contribution in [0.15, 0.2) is 23.5 Å². The van der Waals surface area contributed by atoms with E-state index in [1.165, 1.54) is 11.8 Å². The van der Waals surface area contributed by atoms with Gasteiger partial charge in [-0.1, -0.05) is 17.8 Å². The van der Waals surface area contributed by atoms with Gasteiger partial charge >= 0.3 is 0 Å². The summed E-state index contributed by atoms with van der Waals surface area (Å²) < 4.78 is 1.77. The van der Waals surface area contributed by atoms with Gasteiger partial charge in [0.2, 0.25) is 0 Å². The molecule has 1 amide bonds. The fourth-order valence-corrected chi connectivity index (χ4v) is 2.82. The van der Waals surface area contributed by atoms with Crippen molar-refractivity contribution >= 4 is 39.5 Å².